The molecular formula is C14H14N4OS. The van der Waals surface area contributed by atoms with Crippen LogP contribution in [0.1, 0.15) is 17.4 Å². The predicted octanol–water partition coefficient (Wildman–Crippen LogP) is 3.31. The first-order valence-corrected chi connectivity index (χ1v) is 7.15. The van der Waals surface area contributed by atoms with Gasteiger partial charge in [0.2, 0.25) is 5.82 Å². The third-order valence-corrected chi connectivity index (χ3v) is 3.90. The molecule has 102 valence electrons. The van der Waals surface area contributed by atoms with E-state index in [1.165, 1.54) is 11.3 Å². The highest BCUT2D eigenvalue weighted by molar-refractivity contribution is 7.16. The van der Waals surface area contributed by atoms with Crippen LogP contribution in [-0.4, -0.2) is 15.1 Å². The highest BCUT2D eigenvalue weighted by Crippen LogP contribution is 2.33. The lowest BCUT2D eigenvalue weighted by Gasteiger charge is -2.00. The summed E-state index contributed by atoms with van der Waals surface area (Å²) in [5.74, 6) is 0.940. The summed E-state index contributed by atoms with van der Waals surface area (Å²) in [5.41, 5.74) is 8.60. The zero-order valence-corrected chi connectivity index (χ0v) is 12.1. The number of nitrogens with zero attached hydrogens (tertiary/aromatic N) is 3. The van der Waals surface area contributed by atoms with E-state index in [4.69, 9.17) is 10.3 Å². The van der Waals surface area contributed by atoms with Crippen molar-refractivity contribution < 1.29 is 4.52 Å². The quantitative estimate of drug-likeness (QED) is 0.799. The van der Waals surface area contributed by atoms with E-state index in [1.807, 2.05) is 25.1 Å². The van der Waals surface area contributed by atoms with Crippen LogP contribution in [0.15, 0.2) is 28.9 Å². The molecule has 0 saturated heterocycles. The maximum absolute atomic E-state index is 5.95. The predicted molar refractivity (Wildman–Crippen MR) is 79.4 cm³/mol. The first-order chi connectivity index (χ1) is 9.69. The zero-order chi connectivity index (χ0) is 14.1. The number of hydrogen-bond acceptors (Lipinski definition) is 6. The van der Waals surface area contributed by atoms with Gasteiger partial charge < -0.3 is 10.3 Å². The van der Waals surface area contributed by atoms with Crippen LogP contribution in [0, 0.1) is 6.92 Å². The molecule has 3 heterocycles. The molecule has 5 nitrogen and oxygen atoms in total. The van der Waals surface area contributed by atoms with Crippen LogP contribution in [-0.2, 0) is 6.42 Å². The average molecular weight is 286 g/mol. The summed E-state index contributed by atoms with van der Waals surface area (Å²) in [6, 6.07) is 5.88. The summed E-state index contributed by atoms with van der Waals surface area (Å²) in [5, 5.41) is 4.71. The van der Waals surface area contributed by atoms with Gasteiger partial charge in [0.25, 0.3) is 5.89 Å². The first kappa shape index (κ1) is 12.8. The van der Waals surface area contributed by atoms with Gasteiger partial charge in [0.05, 0.1) is 10.6 Å². The minimum Gasteiger partial charge on any atom is -0.390 e. The Bertz CT molecular complexity index is 747. The van der Waals surface area contributed by atoms with E-state index in [2.05, 4.69) is 22.0 Å². The summed E-state index contributed by atoms with van der Waals surface area (Å²) < 4.78 is 5.32. The van der Waals surface area contributed by atoms with Crippen molar-refractivity contribution in [2.45, 2.75) is 20.3 Å². The minimum absolute atomic E-state index is 0.439. The van der Waals surface area contributed by atoms with E-state index < -0.39 is 0 Å². The Balaban J connectivity index is 2.04. The topological polar surface area (TPSA) is 77.8 Å². The molecule has 3 aromatic rings. The molecule has 20 heavy (non-hydrogen) atoms. The average Bonchev–Trinajstić information content (AvgIpc) is 3.05. The molecule has 3 rings (SSSR count). The number of nitrogen functional groups attached to an aromatic ring is 1. The first-order valence-electron chi connectivity index (χ1n) is 6.33. The van der Waals surface area contributed by atoms with Gasteiger partial charge in [0, 0.05) is 11.1 Å². The van der Waals surface area contributed by atoms with E-state index in [1.54, 1.807) is 6.20 Å². The van der Waals surface area contributed by atoms with Gasteiger partial charge in [-0.25, -0.2) is 0 Å². The number of nitrogens with two attached hydrogens (primary N) is 1. The third kappa shape index (κ3) is 2.18. The fourth-order valence-corrected chi connectivity index (χ4v) is 2.83. The van der Waals surface area contributed by atoms with Crippen molar-refractivity contribution in [1.82, 2.24) is 15.1 Å². The molecule has 3 aromatic heterocycles. The smallest absolute Gasteiger partial charge is 0.261 e. The van der Waals surface area contributed by atoms with E-state index >= 15 is 0 Å². The van der Waals surface area contributed by atoms with Gasteiger partial charge >= 0.3 is 0 Å². The molecule has 0 aliphatic heterocycles. The number of aryl methyl sites for hydroxylation is 2. The second kappa shape index (κ2) is 5.05. The van der Waals surface area contributed by atoms with E-state index in [-0.39, 0.29) is 0 Å². The number of rotatable bonds is 3. The Morgan fingerprint density at radius 2 is 2.25 bits per heavy atom. The van der Waals surface area contributed by atoms with E-state index in [9.17, 15) is 0 Å². The van der Waals surface area contributed by atoms with Gasteiger partial charge in [-0.2, -0.15) is 4.98 Å². The lowest BCUT2D eigenvalue weighted by Crippen LogP contribution is -1.92. The number of aromatic nitrogens is 3. The summed E-state index contributed by atoms with van der Waals surface area (Å²) in [4.78, 5) is 9.88. The molecule has 0 atom stereocenters. The molecular weight excluding hydrogens is 272 g/mol. The van der Waals surface area contributed by atoms with Crippen molar-refractivity contribution in [3.05, 3.63) is 34.8 Å². The second-order valence-corrected chi connectivity index (χ2v) is 5.71. The molecule has 0 fully saturated rings. The normalized spacial score (nSPS) is 10.9. The van der Waals surface area contributed by atoms with Crippen LogP contribution in [0.25, 0.3) is 23.0 Å². The largest absolute Gasteiger partial charge is 0.390 e. The van der Waals surface area contributed by atoms with Gasteiger partial charge in [-0.15, -0.1) is 11.3 Å². The summed E-state index contributed by atoms with van der Waals surface area (Å²) >= 11 is 1.51. The van der Waals surface area contributed by atoms with Crippen molar-refractivity contribution in [2.24, 2.45) is 0 Å². The molecule has 0 aliphatic carbocycles. The van der Waals surface area contributed by atoms with Crippen molar-refractivity contribution in [3.63, 3.8) is 0 Å². The van der Waals surface area contributed by atoms with Crippen molar-refractivity contribution in [2.75, 3.05) is 5.73 Å². The van der Waals surface area contributed by atoms with Gasteiger partial charge in [0.1, 0.15) is 5.69 Å². The van der Waals surface area contributed by atoms with Gasteiger partial charge in [-0.05, 0) is 31.0 Å². The summed E-state index contributed by atoms with van der Waals surface area (Å²) in [6.45, 7) is 4.07. The molecule has 2 N–H and O–H groups in total. The Labute approximate surface area is 120 Å². The van der Waals surface area contributed by atoms with Crippen LogP contribution < -0.4 is 5.73 Å². The zero-order valence-electron chi connectivity index (χ0n) is 11.3. The van der Waals surface area contributed by atoms with Crippen LogP contribution in [0.5, 0.6) is 0 Å². The molecule has 0 bridgehead atoms. The standard InChI is InChI=1S/C14H14N4OS/c1-3-9-5-4-6-16-11(9)13-17-14(19-18-13)10-7-8(2)20-12(10)15/h4-7H,3,15H2,1-2H3. The molecule has 0 spiro atoms. The number of anilines is 1. The van der Waals surface area contributed by atoms with Crippen LogP contribution in [0.2, 0.25) is 0 Å². The van der Waals surface area contributed by atoms with E-state index in [0.717, 1.165) is 28.1 Å². The summed E-state index contributed by atoms with van der Waals surface area (Å²) in [7, 11) is 0. The lowest BCUT2D eigenvalue weighted by atomic mass is 10.1. The maximum Gasteiger partial charge on any atom is 0.261 e. The van der Waals surface area contributed by atoms with Gasteiger partial charge in [-0.3, -0.25) is 4.98 Å². The van der Waals surface area contributed by atoms with Gasteiger partial charge in [-0.1, -0.05) is 18.1 Å². The third-order valence-electron chi connectivity index (χ3n) is 3.02. The number of thiophene rings is 1. The van der Waals surface area contributed by atoms with Crippen LogP contribution in [0.3, 0.4) is 0 Å². The monoisotopic (exact) mass is 286 g/mol. The molecule has 0 aliphatic rings. The van der Waals surface area contributed by atoms with Crippen LogP contribution >= 0.6 is 11.3 Å². The van der Waals surface area contributed by atoms with Crippen molar-refractivity contribution in [1.29, 1.82) is 0 Å². The second-order valence-electron chi connectivity index (χ2n) is 4.42. The van der Waals surface area contributed by atoms with Crippen molar-refractivity contribution >= 4 is 16.3 Å². The molecule has 6 heteroatoms. The number of hydrogen-bond donors (Lipinski definition) is 1. The minimum atomic E-state index is 0.439. The Morgan fingerprint density at radius 3 is 2.95 bits per heavy atom. The SMILES string of the molecule is CCc1cccnc1-c1noc(-c2cc(C)sc2N)n1. The molecule has 0 saturated carbocycles. The molecule has 0 aromatic carbocycles. The lowest BCUT2D eigenvalue weighted by molar-refractivity contribution is 0.432. The van der Waals surface area contributed by atoms with E-state index in [0.29, 0.717) is 16.7 Å². The van der Waals surface area contributed by atoms with Crippen LogP contribution in [0.4, 0.5) is 5.00 Å². The highest BCUT2D eigenvalue weighted by Gasteiger charge is 2.17. The molecule has 0 unspecified atom stereocenters. The molecule has 0 radical (unpaired) electrons. The molecule has 0 amide bonds. The highest BCUT2D eigenvalue weighted by atomic mass is 32.1. The van der Waals surface area contributed by atoms with Crippen molar-refractivity contribution in [3.8, 4) is 23.0 Å². The maximum atomic E-state index is 5.95. The fraction of sp³-hybridized carbons (Fsp3) is 0.214. The van der Waals surface area contributed by atoms with Gasteiger partial charge in [0.15, 0.2) is 0 Å². The fourth-order valence-electron chi connectivity index (χ4n) is 2.05. The Hall–Kier alpha value is -2.21. The Kier molecular flexibility index (Phi) is 3.23. The number of pyridine rings is 1. The Morgan fingerprint density at radius 1 is 1.40 bits per heavy atom. The summed E-state index contributed by atoms with van der Waals surface area (Å²) in [6.07, 6.45) is 2.60.